The van der Waals surface area contributed by atoms with Gasteiger partial charge in [-0.2, -0.15) is 0 Å². The maximum absolute atomic E-state index is 9.35. The van der Waals surface area contributed by atoms with Crippen molar-refractivity contribution in [1.82, 2.24) is 15.7 Å². The number of likely N-dealkylation sites (N-methyl/N-ethyl adjacent to an activating group) is 1. The van der Waals surface area contributed by atoms with Crippen LogP contribution >= 0.6 is 0 Å². The van der Waals surface area contributed by atoms with Crippen LogP contribution in [0.15, 0.2) is 23.1 Å². The fourth-order valence-electron chi connectivity index (χ4n) is 0.999. The average Bonchev–Trinajstić information content (AvgIpc) is 2.19. The summed E-state index contributed by atoms with van der Waals surface area (Å²) in [6.07, 6.45) is 0. The van der Waals surface area contributed by atoms with Gasteiger partial charge in [-0.3, -0.25) is 10.4 Å². The van der Waals surface area contributed by atoms with Crippen molar-refractivity contribution in [3.63, 3.8) is 0 Å². The summed E-state index contributed by atoms with van der Waals surface area (Å²) in [4.78, 5) is 0. The van der Waals surface area contributed by atoms with Crippen LogP contribution in [0.3, 0.4) is 0 Å². The maximum Gasteiger partial charge on any atom is 0.261 e. The fourth-order valence-corrected chi connectivity index (χ4v) is 0.999. The number of hydrogen-bond donors (Lipinski definition) is 6. The number of aliphatic hydroxyl groups is 1. The number of nitrogens with two attached hydrogens (primary N) is 2. The van der Waals surface area contributed by atoms with E-state index in [-0.39, 0.29) is 27.6 Å². The standard InChI is InChI=1S/C6H13N5O3/c1-2-9-4-3(7)5(8)10(13)11(14)6(4)12/h9,12-14H,2,7-8H2,1H3. The van der Waals surface area contributed by atoms with Crippen molar-refractivity contribution in [1.29, 1.82) is 0 Å². The Morgan fingerprint density at radius 2 is 1.86 bits per heavy atom. The molecule has 0 aromatic rings. The Labute approximate surface area is 80.2 Å². The first kappa shape index (κ1) is 10.3. The van der Waals surface area contributed by atoms with Crippen LogP contribution in [0.25, 0.3) is 0 Å². The normalized spacial score (nSPS) is 17.9. The number of hydrogen-bond acceptors (Lipinski definition) is 8. The van der Waals surface area contributed by atoms with Crippen LogP contribution < -0.4 is 16.8 Å². The highest BCUT2D eigenvalue weighted by atomic mass is 16.7. The van der Waals surface area contributed by atoms with E-state index in [0.29, 0.717) is 6.54 Å². The molecule has 8 nitrogen and oxygen atoms in total. The SMILES string of the molecule is CCNC1=C(O)N(O)N(O)C(N)=C1N. The second-order valence-electron chi connectivity index (χ2n) is 2.61. The minimum absolute atomic E-state index is 0.0443. The zero-order chi connectivity index (χ0) is 10.9. The molecule has 0 aromatic carbocycles. The quantitative estimate of drug-likeness (QED) is 0.327. The monoisotopic (exact) mass is 203 g/mol. The molecule has 0 fully saturated rings. The third-order valence-electron chi connectivity index (χ3n) is 1.71. The third kappa shape index (κ3) is 1.36. The molecule has 1 rings (SSSR count). The highest BCUT2D eigenvalue weighted by molar-refractivity contribution is 5.33. The van der Waals surface area contributed by atoms with Crippen LogP contribution in [0.2, 0.25) is 0 Å². The number of hydroxylamine groups is 2. The maximum atomic E-state index is 9.35. The van der Waals surface area contributed by atoms with Gasteiger partial charge in [0, 0.05) is 6.54 Å². The van der Waals surface area contributed by atoms with E-state index >= 15 is 0 Å². The van der Waals surface area contributed by atoms with Crippen LogP contribution in [0.4, 0.5) is 0 Å². The molecule has 80 valence electrons. The van der Waals surface area contributed by atoms with Gasteiger partial charge in [-0.1, -0.05) is 5.17 Å². The Balaban J connectivity index is 3.11. The molecule has 14 heavy (non-hydrogen) atoms. The first-order valence-electron chi connectivity index (χ1n) is 3.91. The van der Waals surface area contributed by atoms with Crippen molar-refractivity contribution < 1.29 is 15.5 Å². The molecule has 8 N–H and O–H groups in total. The van der Waals surface area contributed by atoms with E-state index in [4.69, 9.17) is 21.9 Å². The molecular weight excluding hydrogens is 190 g/mol. The predicted molar refractivity (Wildman–Crippen MR) is 46.0 cm³/mol. The molecule has 0 aliphatic carbocycles. The number of aliphatic hydroxyl groups excluding tert-OH is 1. The molecule has 0 spiro atoms. The zero-order valence-corrected chi connectivity index (χ0v) is 7.60. The van der Waals surface area contributed by atoms with Crippen LogP contribution in [-0.4, -0.2) is 32.4 Å². The highest BCUT2D eigenvalue weighted by Gasteiger charge is 2.29. The molecule has 8 heteroatoms. The lowest BCUT2D eigenvalue weighted by Crippen LogP contribution is -2.46. The van der Waals surface area contributed by atoms with Gasteiger partial charge in [0.05, 0.1) is 0 Å². The van der Waals surface area contributed by atoms with Crippen molar-refractivity contribution in [3.8, 4) is 0 Å². The zero-order valence-electron chi connectivity index (χ0n) is 7.60. The van der Waals surface area contributed by atoms with Gasteiger partial charge < -0.3 is 21.9 Å². The lowest BCUT2D eigenvalue weighted by atomic mass is 10.3. The Kier molecular flexibility index (Phi) is 2.58. The molecule has 0 saturated carbocycles. The van der Waals surface area contributed by atoms with Gasteiger partial charge in [0.25, 0.3) is 5.88 Å². The van der Waals surface area contributed by atoms with Gasteiger partial charge >= 0.3 is 0 Å². The summed E-state index contributed by atoms with van der Waals surface area (Å²) in [7, 11) is 0. The molecule has 1 aliphatic heterocycles. The Morgan fingerprint density at radius 1 is 1.29 bits per heavy atom. The van der Waals surface area contributed by atoms with E-state index in [1.54, 1.807) is 6.92 Å². The molecule has 0 aromatic heterocycles. The fraction of sp³-hybridized carbons (Fsp3) is 0.333. The van der Waals surface area contributed by atoms with Gasteiger partial charge in [-0.15, -0.1) is 5.17 Å². The second-order valence-corrected chi connectivity index (χ2v) is 2.61. The van der Waals surface area contributed by atoms with Crippen molar-refractivity contribution in [2.75, 3.05) is 6.54 Å². The van der Waals surface area contributed by atoms with E-state index < -0.39 is 5.88 Å². The van der Waals surface area contributed by atoms with Gasteiger partial charge in [0.2, 0.25) is 0 Å². The van der Waals surface area contributed by atoms with E-state index in [0.717, 1.165) is 0 Å². The van der Waals surface area contributed by atoms with E-state index in [2.05, 4.69) is 5.32 Å². The lowest BCUT2D eigenvalue weighted by Gasteiger charge is -2.31. The van der Waals surface area contributed by atoms with Gasteiger partial charge in [-0.05, 0) is 6.92 Å². The van der Waals surface area contributed by atoms with Crippen molar-refractivity contribution in [2.45, 2.75) is 6.92 Å². The summed E-state index contributed by atoms with van der Waals surface area (Å²) in [5.74, 6) is -0.901. The van der Waals surface area contributed by atoms with E-state index in [1.807, 2.05) is 0 Å². The molecular formula is C6H13N5O3. The average molecular weight is 203 g/mol. The van der Waals surface area contributed by atoms with E-state index in [9.17, 15) is 5.11 Å². The molecule has 0 atom stereocenters. The summed E-state index contributed by atoms with van der Waals surface area (Å²) in [5.41, 5.74) is 10.8. The van der Waals surface area contributed by atoms with Crippen molar-refractivity contribution >= 4 is 0 Å². The number of nitrogens with one attached hydrogen (secondary N) is 1. The first-order chi connectivity index (χ1) is 6.50. The molecule has 1 heterocycles. The summed E-state index contributed by atoms with van der Waals surface area (Å²) in [6.45, 7) is 2.25. The molecule has 0 amide bonds. The van der Waals surface area contributed by atoms with Gasteiger partial charge in [0.15, 0.2) is 5.82 Å². The Hall–Kier alpha value is -1.80. The topological polar surface area (TPSA) is 131 Å². The Bertz CT molecular complexity index is 300. The minimum atomic E-state index is -0.624. The lowest BCUT2D eigenvalue weighted by molar-refractivity contribution is -0.346. The van der Waals surface area contributed by atoms with Crippen LogP contribution in [0, 0.1) is 0 Å². The van der Waals surface area contributed by atoms with Crippen LogP contribution in [0.1, 0.15) is 6.92 Å². The smallest absolute Gasteiger partial charge is 0.261 e. The number of hydrazine groups is 1. The van der Waals surface area contributed by atoms with Crippen LogP contribution in [0.5, 0.6) is 0 Å². The molecule has 0 saturated heterocycles. The van der Waals surface area contributed by atoms with Crippen molar-refractivity contribution in [3.05, 3.63) is 23.1 Å². The summed E-state index contributed by atoms with van der Waals surface area (Å²) in [5, 5.41) is 30.5. The summed E-state index contributed by atoms with van der Waals surface area (Å²) < 4.78 is 0. The molecule has 0 bridgehead atoms. The Morgan fingerprint density at radius 3 is 2.36 bits per heavy atom. The minimum Gasteiger partial charge on any atom is -0.490 e. The summed E-state index contributed by atoms with van der Waals surface area (Å²) >= 11 is 0. The molecule has 0 unspecified atom stereocenters. The summed E-state index contributed by atoms with van der Waals surface area (Å²) in [6, 6.07) is 0. The number of nitrogens with zero attached hydrogens (tertiary/aromatic N) is 2. The number of rotatable bonds is 2. The largest absolute Gasteiger partial charge is 0.490 e. The molecule has 0 radical (unpaired) electrons. The second kappa shape index (κ2) is 3.52. The van der Waals surface area contributed by atoms with Gasteiger partial charge in [0.1, 0.15) is 11.4 Å². The highest BCUT2D eigenvalue weighted by Crippen LogP contribution is 2.19. The molecule has 1 aliphatic rings. The third-order valence-corrected chi connectivity index (χ3v) is 1.71. The van der Waals surface area contributed by atoms with Crippen molar-refractivity contribution in [2.24, 2.45) is 11.5 Å². The first-order valence-corrected chi connectivity index (χ1v) is 3.91. The van der Waals surface area contributed by atoms with Gasteiger partial charge in [-0.25, -0.2) is 0 Å². The predicted octanol–water partition coefficient (Wildman–Crippen LogP) is -1.28. The van der Waals surface area contributed by atoms with Crippen LogP contribution in [-0.2, 0) is 0 Å². The van der Waals surface area contributed by atoms with E-state index in [1.165, 1.54) is 0 Å².